The summed E-state index contributed by atoms with van der Waals surface area (Å²) in [6.45, 7) is 6.13. The second-order valence-electron chi connectivity index (χ2n) is 7.44. The molecule has 1 saturated carbocycles. The van der Waals surface area contributed by atoms with Crippen molar-refractivity contribution in [3.05, 3.63) is 35.6 Å². The molecule has 3 heteroatoms. The molecule has 1 aromatic carbocycles. The number of nitrogens with zero attached hydrogens (tertiary/aromatic N) is 1. The Morgan fingerprint density at radius 1 is 1.29 bits per heavy atom. The first kappa shape index (κ1) is 16.0. The van der Waals surface area contributed by atoms with Crippen LogP contribution in [-0.4, -0.2) is 10.7 Å². The van der Waals surface area contributed by atoms with Gasteiger partial charge in [0, 0.05) is 6.42 Å². The zero-order valence-corrected chi connectivity index (χ0v) is 13.1. The molecular weight excluding hydrogens is 265 g/mol. The molecule has 0 bridgehead atoms. The topological polar surface area (TPSA) is 44.0 Å². The number of hydrogen-bond acceptors (Lipinski definition) is 2. The summed E-state index contributed by atoms with van der Waals surface area (Å²) < 4.78 is 13.3. The van der Waals surface area contributed by atoms with Gasteiger partial charge in [-0.3, -0.25) is 0 Å². The van der Waals surface area contributed by atoms with Crippen LogP contribution in [0.15, 0.2) is 24.3 Å². The molecule has 1 aromatic rings. The average Bonchev–Trinajstić information content (AvgIpc) is 2.38. The lowest BCUT2D eigenvalue weighted by Gasteiger charge is -2.47. The molecule has 0 spiro atoms. The van der Waals surface area contributed by atoms with Gasteiger partial charge in [-0.1, -0.05) is 26.0 Å². The quantitative estimate of drug-likeness (QED) is 0.905. The molecule has 0 saturated heterocycles. The van der Waals surface area contributed by atoms with Crippen LogP contribution in [0.2, 0.25) is 0 Å². The van der Waals surface area contributed by atoms with Crippen molar-refractivity contribution in [3.63, 3.8) is 0 Å². The lowest BCUT2D eigenvalue weighted by Crippen LogP contribution is -2.49. The molecule has 1 unspecified atom stereocenters. The van der Waals surface area contributed by atoms with Crippen LogP contribution in [0, 0.1) is 28.0 Å². The molecule has 114 valence electrons. The fourth-order valence-electron chi connectivity index (χ4n) is 3.34. The molecule has 0 amide bonds. The third kappa shape index (κ3) is 3.27. The van der Waals surface area contributed by atoms with Gasteiger partial charge in [0.1, 0.15) is 5.82 Å². The fraction of sp³-hybridized carbons (Fsp3) is 0.611. The predicted molar refractivity (Wildman–Crippen MR) is 81.0 cm³/mol. The summed E-state index contributed by atoms with van der Waals surface area (Å²) in [6, 6.07) is 8.66. The molecule has 1 aliphatic rings. The van der Waals surface area contributed by atoms with Crippen molar-refractivity contribution in [1.29, 1.82) is 5.26 Å². The summed E-state index contributed by atoms with van der Waals surface area (Å²) in [4.78, 5) is 0. The first-order chi connectivity index (χ1) is 9.70. The summed E-state index contributed by atoms with van der Waals surface area (Å²) in [6.07, 6.45) is 3.55. The van der Waals surface area contributed by atoms with Crippen LogP contribution in [0.5, 0.6) is 0 Å². The predicted octanol–water partition coefficient (Wildman–Crippen LogP) is 4.23. The highest BCUT2D eigenvalue weighted by atomic mass is 19.1. The SMILES string of the molecule is CC1(C)CCC(C#N)(C(C)(O)Cc2cccc(F)c2)CC1. The molecule has 21 heavy (non-hydrogen) atoms. The van der Waals surface area contributed by atoms with Gasteiger partial charge in [0.2, 0.25) is 0 Å². The van der Waals surface area contributed by atoms with Crippen LogP contribution in [-0.2, 0) is 6.42 Å². The van der Waals surface area contributed by atoms with Gasteiger partial charge in [0.25, 0.3) is 0 Å². The Morgan fingerprint density at radius 3 is 2.43 bits per heavy atom. The number of benzene rings is 1. The smallest absolute Gasteiger partial charge is 0.123 e. The Morgan fingerprint density at radius 2 is 1.90 bits per heavy atom. The lowest BCUT2D eigenvalue weighted by atomic mass is 9.58. The van der Waals surface area contributed by atoms with E-state index in [1.807, 2.05) is 0 Å². The maximum atomic E-state index is 13.3. The van der Waals surface area contributed by atoms with Crippen LogP contribution in [0.25, 0.3) is 0 Å². The molecule has 0 heterocycles. The zero-order valence-electron chi connectivity index (χ0n) is 13.1. The van der Waals surface area contributed by atoms with Crippen molar-refractivity contribution in [2.24, 2.45) is 10.8 Å². The van der Waals surface area contributed by atoms with Gasteiger partial charge in [-0.15, -0.1) is 0 Å². The van der Waals surface area contributed by atoms with Gasteiger partial charge in [-0.05, 0) is 55.7 Å². The minimum atomic E-state index is -1.15. The van der Waals surface area contributed by atoms with E-state index in [2.05, 4.69) is 19.9 Å². The van der Waals surface area contributed by atoms with Crippen LogP contribution in [0.3, 0.4) is 0 Å². The summed E-state index contributed by atoms with van der Waals surface area (Å²) in [5.41, 5.74) is -0.921. The van der Waals surface area contributed by atoms with E-state index in [4.69, 9.17) is 0 Å². The van der Waals surface area contributed by atoms with Crippen molar-refractivity contribution < 1.29 is 9.50 Å². The second-order valence-corrected chi connectivity index (χ2v) is 7.44. The molecule has 1 fully saturated rings. The molecule has 1 aliphatic carbocycles. The fourth-order valence-corrected chi connectivity index (χ4v) is 3.34. The van der Waals surface area contributed by atoms with Crippen LogP contribution < -0.4 is 0 Å². The molecule has 1 N–H and O–H groups in total. The first-order valence-corrected chi connectivity index (χ1v) is 7.58. The van der Waals surface area contributed by atoms with Crippen molar-refractivity contribution >= 4 is 0 Å². The van der Waals surface area contributed by atoms with Crippen molar-refractivity contribution in [2.75, 3.05) is 0 Å². The summed E-state index contributed by atoms with van der Waals surface area (Å²) in [5, 5.41) is 20.7. The average molecular weight is 289 g/mol. The Balaban J connectivity index is 2.22. The Labute approximate surface area is 126 Å². The molecule has 1 atom stereocenters. The van der Waals surface area contributed by atoms with Gasteiger partial charge in [0.15, 0.2) is 0 Å². The van der Waals surface area contributed by atoms with E-state index in [9.17, 15) is 14.8 Å². The van der Waals surface area contributed by atoms with Gasteiger partial charge < -0.3 is 5.11 Å². The monoisotopic (exact) mass is 289 g/mol. The highest BCUT2D eigenvalue weighted by Crippen LogP contribution is 2.51. The molecular formula is C18H24FNO. The van der Waals surface area contributed by atoms with E-state index in [0.29, 0.717) is 19.3 Å². The number of hydrogen-bond donors (Lipinski definition) is 1. The molecule has 0 aromatic heterocycles. The molecule has 2 nitrogen and oxygen atoms in total. The third-order valence-electron chi connectivity index (χ3n) is 5.14. The standard InChI is InChI=1S/C18H24FNO/c1-16(2)7-9-18(13-20,10-8-16)17(3,21)12-14-5-4-6-15(19)11-14/h4-6,11,21H,7-10,12H2,1-3H3. The van der Waals surface area contributed by atoms with Gasteiger partial charge in [-0.2, -0.15) is 5.26 Å². The van der Waals surface area contributed by atoms with E-state index < -0.39 is 11.0 Å². The van der Waals surface area contributed by atoms with Crippen molar-refractivity contribution in [3.8, 4) is 6.07 Å². The van der Waals surface area contributed by atoms with Crippen LogP contribution in [0.4, 0.5) is 4.39 Å². The van der Waals surface area contributed by atoms with E-state index >= 15 is 0 Å². The molecule has 0 radical (unpaired) electrons. The second kappa shape index (κ2) is 5.42. The normalized spacial score (nSPS) is 23.0. The minimum Gasteiger partial charge on any atom is -0.388 e. The number of halogens is 1. The first-order valence-electron chi connectivity index (χ1n) is 7.58. The van der Waals surface area contributed by atoms with Gasteiger partial charge in [-0.25, -0.2) is 4.39 Å². The zero-order chi connectivity index (χ0) is 15.7. The highest BCUT2D eigenvalue weighted by molar-refractivity contribution is 5.22. The number of aliphatic hydroxyl groups is 1. The molecule has 0 aliphatic heterocycles. The maximum Gasteiger partial charge on any atom is 0.123 e. The Kier molecular flexibility index (Phi) is 4.13. The number of nitriles is 1. The molecule has 2 rings (SSSR count). The van der Waals surface area contributed by atoms with Gasteiger partial charge >= 0.3 is 0 Å². The summed E-state index contributed by atoms with van der Waals surface area (Å²) in [5.74, 6) is -0.306. The Bertz CT molecular complexity index is 547. The van der Waals surface area contributed by atoms with Crippen molar-refractivity contribution in [2.45, 2.75) is 58.5 Å². The Hall–Kier alpha value is -1.40. The maximum absolute atomic E-state index is 13.3. The van der Waals surface area contributed by atoms with E-state index in [1.165, 1.54) is 12.1 Å². The van der Waals surface area contributed by atoms with Gasteiger partial charge in [0.05, 0.1) is 17.1 Å². The third-order valence-corrected chi connectivity index (χ3v) is 5.14. The highest BCUT2D eigenvalue weighted by Gasteiger charge is 2.50. The van der Waals surface area contributed by atoms with E-state index in [1.54, 1.807) is 19.1 Å². The summed E-state index contributed by atoms with van der Waals surface area (Å²) in [7, 11) is 0. The summed E-state index contributed by atoms with van der Waals surface area (Å²) >= 11 is 0. The van der Waals surface area contributed by atoms with E-state index in [0.717, 1.165) is 18.4 Å². The largest absolute Gasteiger partial charge is 0.388 e. The van der Waals surface area contributed by atoms with Crippen LogP contribution >= 0.6 is 0 Å². The minimum absolute atomic E-state index is 0.231. The van der Waals surface area contributed by atoms with E-state index in [-0.39, 0.29) is 11.2 Å². The van der Waals surface area contributed by atoms with Crippen LogP contribution in [0.1, 0.15) is 52.0 Å². The number of rotatable bonds is 3. The van der Waals surface area contributed by atoms with Crippen molar-refractivity contribution in [1.82, 2.24) is 0 Å². The lowest BCUT2D eigenvalue weighted by molar-refractivity contribution is -0.0709.